The molecule has 3 N–H and O–H groups in total. The van der Waals surface area contributed by atoms with E-state index in [1.54, 1.807) is 12.1 Å². The van der Waals surface area contributed by atoms with E-state index in [9.17, 15) is 9.18 Å². The Kier molecular flexibility index (Phi) is 6.10. The molecule has 6 nitrogen and oxygen atoms in total. The molecule has 0 saturated heterocycles. The van der Waals surface area contributed by atoms with Crippen LogP contribution in [0.15, 0.2) is 48.5 Å². The van der Waals surface area contributed by atoms with Gasteiger partial charge < -0.3 is 20.9 Å². The van der Waals surface area contributed by atoms with Gasteiger partial charge in [-0.1, -0.05) is 24.3 Å². The maximum atomic E-state index is 14.8. The van der Waals surface area contributed by atoms with Crippen molar-refractivity contribution in [1.29, 1.82) is 0 Å². The van der Waals surface area contributed by atoms with Crippen LogP contribution in [0.5, 0.6) is 0 Å². The van der Waals surface area contributed by atoms with Crippen LogP contribution in [0.3, 0.4) is 0 Å². The zero-order valence-electron chi connectivity index (χ0n) is 18.7. The summed E-state index contributed by atoms with van der Waals surface area (Å²) in [6.45, 7) is 2.44. The maximum Gasteiger partial charge on any atom is 0.251 e. The van der Waals surface area contributed by atoms with Crippen LogP contribution in [0.4, 0.5) is 15.9 Å². The number of benzene rings is 2. The number of halogens is 1. The third-order valence-corrected chi connectivity index (χ3v) is 5.85. The van der Waals surface area contributed by atoms with Crippen LogP contribution in [-0.2, 0) is 6.42 Å². The van der Waals surface area contributed by atoms with Gasteiger partial charge in [0.15, 0.2) is 0 Å². The highest BCUT2D eigenvalue weighted by molar-refractivity contribution is 5.97. The summed E-state index contributed by atoms with van der Waals surface area (Å²) in [4.78, 5) is 20.3. The summed E-state index contributed by atoms with van der Waals surface area (Å²) in [5.41, 5.74) is 11.4. The molecule has 4 rings (SSSR count). The van der Waals surface area contributed by atoms with E-state index in [2.05, 4.69) is 20.1 Å². The standard InChI is InChI=1S/C25H28FN5O/c1-30(2)12-13-31(3)19-7-4-16(5-8-19)21-15-22(24(27)29-23(21)26)17-6-9-20-18(14-17)10-11-28-25(20)32/h4-9,14-15H,10-13H2,1-3H3,(H2,27,29)(H,28,32). The van der Waals surface area contributed by atoms with Crippen LogP contribution in [0.25, 0.3) is 22.3 Å². The number of nitrogens with zero attached hydrogens (tertiary/aromatic N) is 3. The van der Waals surface area contributed by atoms with E-state index >= 15 is 0 Å². The number of likely N-dealkylation sites (N-methyl/N-ethyl adjacent to an activating group) is 2. The molecule has 0 atom stereocenters. The molecule has 32 heavy (non-hydrogen) atoms. The minimum atomic E-state index is -0.600. The van der Waals surface area contributed by atoms with Crippen molar-refractivity contribution in [2.45, 2.75) is 6.42 Å². The first-order valence-electron chi connectivity index (χ1n) is 10.7. The van der Waals surface area contributed by atoms with Crippen molar-refractivity contribution in [3.8, 4) is 22.3 Å². The minimum absolute atomic E-state index is 0.0701. The number of nitrogen functional groups attached to an aromatic ring is 1. The molecule has 3 aromatic rings. The van der Waals surface area contributed by atoms with Gasteiger partial charge in [-0.15, -0.1) is 0 Å². The van der Waals surface area contributed by atoms with Crippen molar-refractivity contribution in [1.82, 2.24) is 15.2 Å². The molecule has 0 bridgehead atoms. The molecule has 1 aliphatic heterocycles. The summed E-state index contributed by atoms with van der Waals surface area (Å²) in [6.07, 6.45) is 0.749. The first kappa shape index (κ1) is 21.8. The van der Waals surface area contributed by atoms with Gasteiger partial charge in [0.25, 0.3) is 5.91 Å². The predicted octanol–water partition coefficient (Wildman–Crippen LogP) is 3.42. The number of hydrogen-bond acceptors (Lipinski definition) is 5. The lowest BCUT2D eigenvalue weighted by atomic mass is 9.94. The average Bonchev–Trinajstić information content (AvgIpc) is 2.77. The molecule has 166 valence electrons. The van der Waals surface area contributed by atoms with Gasteiger partial charge >= 0.3 is 0 Å². The van der Waals surface area contributed by atoms with Crippen LogP contribution in [0.2, 0.25) is 0 Å². The Morgan fingerprint density at radius 2 is 1.69 bits per heavy atom. The number of aromatic nitrogens is 1. The average molecular weight is 434 g/mol. The first-order chi connectivity index (χ1) is 15.3. The lowest BCUT2D eigenvalue weighted by Crippen LogP contribution is -2.31. The molecule has 1 aromatic heterocycles. The van der Waals surface area contributed by atoms with Gasteiger partial charge in [-0.2, -0.15) is 4.39 Å². The van der Waals surface area contributed by atoms with Gasteiger partial charge in [-0.05, 0) is 61.5 Å². The van der Waals surface area contributed by atoms with Crippen molar-refractivity contribution < 1.29 is 9.18 Å². The number of pyridine rings is 1. The SMILES string of the molecule is CN(C)CCN(C)c1ccc(-c2cc(-c3ccc4c(c3)CCNC4=O)c(N)nc2F)cc1. The van der Waals surface area contributed by atoms with Crippen LogP contribution in [0, 0.1) is 5.95 Å². The molecule has 7 heteroatoms. The van der Waals surface area contributed by atoms with Crippen LogP contribution in [0.1, 0.15) is 15.9 Å². The smallest absolute Gasteiger partial charge is 0.251 e. The second kappa shape index (κ2) is 8.96. The van der Waals surface area contributed by atoms with Crippen molar-refractivity contribution in [3.63, 3.8) is 0 Å². The summed E-state index contributed by atoms with van der Waals surface area (Å²) in [6, 6.07) is 15.1. The van der Waals surface area contributed by atoms with Crippen LogP contribution < -0.4 is 16.0 Å². The fourth-order valence-corrected chi connectivity index (χ4v) is 3.91. The summed E-state index contributed by atoms with van der Waals surface area (Å²) in [5.74, 6) is -0.539. The van der Waals surface area contributed by atoms with Gasteiger partial charge in [0, 0.05) is 49.1 Å². The number of carbonyl (C=O) groups is 1. The highest BCUT2D eigenvalue weighted by Crippen LogP contribution is 2.33. The van der Waals surface area contributed by atoms with E-state index in [-0.39, 0.29) is 11.7 Å². The molecule has 0 unspecified atom stereocenters. The zero-order chi connectivity index (χ0) is 22.8. The van der Waals surface area contributed by atoms with E-state index in [1.165, 1.54) is 0 Å². The monoisotopic (exact) mass is 433 g/mol. The van der Waals surface area contributed by atoms with Crippen molar-refractivity contribution in [2.75, 3.05) is 51.4 Å². The van der Waals surface area contributed by atoms with E-state index in [0.717, 1.165) is 41.9 Å². The van der Waals surface area contributed by atoms with Crippen LogP contribution in [-0.4, -0.2) is 56.6 Å². The molecular weight excluding hydrogens is 405 g/mol. The number of fused-ring (bicyclic) bond motifs is 1. The van der Waals surface area contributed by atoms with E-state index in [1.807, 2.05) is 57.5 Å². The Balaban J connectivity index is 1.65. The first-order valence-corrected chi connectivity index (χ1v) is 10.7. The minimum Gasteiger partial charge on any atom is -0.383 e. The number of hydrogen-bond donors (Lipinski definition) is 2. The summed E-state index contributed by atoms with van der Waals surface area (Å²) in [5, 5.41) is 2.84. The summed E-state index contributed by atoms with van der Waals surface area (Å²) in [7, 11) is 6.13. The summed E-state index contributed by atoms with van der Waals surface area (Å²) >= 11 is 0. The number of rotatable bonds is 6. The fourth-order valence-electron chi connectivity index (χ4n) is 3.91. The quantitative estimate of drug-likeness (QED) is 0.583. The van der Waals surface area contributed by atoms with Crippen molar-refractivity contribution in [3.05, 3.63) is 65.6 Å². The number of anilines is 2. The highest BCUT2D eigenvalue weighted by Gasteiger charge is 2.19. The molecule has 1 amide bonds. The van der Waals surface area contributed by atoms with E-state index in [0.29, 0.717) is 23.2 Å². The van der Waals surface area contributed by atoms with Crippen molar-refractivity contribution >= 4 is 17.4 Å². The third-order valence-electron chi connectivity index (χ3n) is 5.85. The van der Waals surface area contributed by atoms with Gasteiger partial charge in [0.1, 0.15) is 5.82 Å². The Morgan fingerprint density at radius 1 is 0.969 bits per heavy atom. The Bertz CT molecular complexity index is 1140. The molecule has 1 aliphatic rings. The normalized spacial score (nSPS) is 13.1. The second-order valence-electron chi connectivity index (χ2n) is 8.41. The van der Waals surface area contributed by atoms with E-state index in [4.69, 9.17) is 5.73 Å². The maximum absolute atomic E-state index is 14.8. The Labute approximate surface area is 187 Å². The number of nitrogens with one attached hydrogen (secondary N) is 1. The van der Waals surface area contributed by atoms with Gasteiger partial charge in [0.05, 0.1) is 0 Å². The fraction of sp³-hybridized carbons (Fsp3) is 0.280. The van der Waals surface area contributed by atoms with Crippen molar-refractivity contribution in [2.24, 2.45) is 0 Å². The lowest BCUT2D eigenvalue weighted by Gasteiger charge is -2.22. The third kappa shape index (κ3) is 4.43. The number of nitrogens with two attached hydrogens (primary N) is 1. The van der Waals surface area contributed by atoms with E-state index < -0.39 is 5.95 Å². The molecule has 0 saturated carbocycles. The van der Waals surface area contributed by atoms with Gasteiger partial charge in [0.2, 0.25) is 5.95 Å². The van der Waals surface area contributed by atoms with Gasteiger partial charge in [-0.25, -0.2) is 4.98 Å². The molecule has 0 aliphatic carbocycles. The number of amides is 1. The Hall–Kier alpha value is -3.45. The summed E-state index contributed by atoms with van der Waals surface area (Å²) < 4.78 is 14.8. The molecule has 0 fully saturated rings. The molecular formula is C25H28FN5O. The lowest BCUT2D eigenvalue weighted by molar-refractivity contribution is 0.0946. The molecule has 2 heterocycles. The zero-order valence-corrected chi connectivity index (χ0v) is 18.7. The number of carbonyl (C=O) groups excluding carboxylic acids is 1. The molecule has 2 aromatic carbocycles. The largest absolute Gasteiger partial charge is 0.383 e. The van der Waals surface area contributed by atoms with Gasteiger partial charge in [-0.3, -0.25) is 4.79 Å². The topological polar surface area (TPSA) is 74.5 Å². The van der Waals surface area contributed by atoms with Crippen LogP contribution >= 0.6 is 0 Å². The molecule has 0 radical (unpaired) electrons. The molecule has 0 spiro atoms. The second-order valence-corrected chi connectivity index (χ2v) is 8.41. The predicted molar refractivity (Wildman–Crippen MR) is 127 cm³/mol. The Morgan fingerprint density at radius 3 is 2.41 bits per heavy atom. The highest BCUT2D eigenvalue weighted by atomic mass is 19.1.